The topological polar surface area (TPSA) is 12.5 Å². The van der Waals surface area contributed by atoms with Gasteiger partial charge in [0.25, 0.3) is 0 Å². The van der Waals surface area contributed by atoms with Gasteiger partial charge in [-0.25, -0.2) is 0 Å². The molecule has 0 aliphatic carbocycles. The Hall–Kier alpha value is -0.860. The molecule has 1 radical (unpaired) electrons. The highest BCUT2D eigenvalue weighted by atomic mass is 16.5. The molecular formula is C12H16NO. The fourth-order valence-electron chi connectivity index (χ4n) is 1.71. The van der Waals surface area contributed by atoms with Crippen LogP contribution >= 0.6 is 0 Å². The Morgan fingerprint density at radius 1 is 1.43 bits per heavy atom. The molecule has 1 aliphatic rings. The minimum absolute atomic E-state index is 0.871. The fraction of sp³-hybridized carbons (Fsp3) is 0.500. The zero-order chi connectivity index (χ0) is 9.80. The van der Waals surface area contributed by atoms with E-state index in [2.05, 4.69) is 30.0 Å². The highest BCUT2D eigenvalue weighted by molar-refractivity contribution is 5.24. The summed E-state index contributed by atoms with van der Waals surface area (Å²) in [4.78, 5) is 2.43. The molecule has 0 aromatic heterocycles. The molecule has 2 heteroatoms. The molecule has 1 aromatic rings. The number of morpholine rings is 1. The third kappa shape index (κ3) is 2.34. The Bertz CT molecular complexity index is 292. The smallest absolute Gasteiger partial charge is 0.0594 e. The van der Waals surface area contributed by atoms with Crippen molar-refractivity contribution in [1.82, 2.24) is 4.90 Å². The second-order valence-electron chi connectivity index (χ2n) is 3.74. The van der Waals surface area contributed by atoms with Gasteiger partial charge >= 0.3 is 0 Å². The van der Waals surface area contributed by atoms with Gasteiger partial charge in [0.2, 0.25) is 0 Å². The van der Waals surface area contributed by atoms with E-state index in [-0.39, 0.29) is 0 Å². The van der Waals surface area contributed by atoms with Crippen LogP contribution in [0.15, 0.2) is 18.2 Å². The molecule has 1 fully saturated rings. The van der Waals surface area contributed by atoms with Crippen molar-refractivity contribution in [3.8, 4) is 0 Å². The van der Waals surface area contributed by atoms with Crippen LogP contribution in [0.25, 0.3) is 0 Å². The molecule has 0 saturated carbocycles. The first-order valence-electron chi connectivity index (χ1n) is 5.12. The number of aryl methyl sites for hydroxylation is 1. The van der Waals surface area contributed by atoms with Gasteiger partial charge in [0.1, 0.15) is 0 Å². The lowest BCUT2D eigenvalue weighted by molar-refractivity contribution is 0.0341. The van der Waals surface area contributed by atoms with E-state index in [1.54, 1.807) is 0 Å². The van der Waals surface area contributed by atoms with Gasteiger partial charge in [-0.2, -0.15) is 0 Å². The molecule has 2 rings (SSSR count). The van der Waals surface area contributed by atoms with Gasteiger partial charge in [-0.1, -0.05) is 12.1 Å². The molecule has 75 valence electrons. The molecule has 0 unspecified atom stereocenters. The van der Waals surface area contributed by atoms with Crippen LogP contribution in [0.5, 0.6) is 0 Å². The summed E-state index contributed by atoms with van der Waals surface area (Å²) in [5.74, 6) is 0. The van der Waals surface area contributed by atoms with E-state index in [0.717, 1.165) is 32.8 Å². The van der Waals surface area contributed by atoms with Crippen molar-refractivity contribution in [3.05, 3.63) is 35.4 Å². The van der Waals surface area contributed by atoms with Crippen LogP contribution in [0.2, 0.25) is 0 Å². The standard InChI is InChI=1S/C12H16NO/c1-11-4-2-3-5-12(11)10-13-6-8-14-9-7-13/h2,4-5H,6-10H2,1H3. The highest BCUT2D eigenvalue weighted by Crippen LogP contribution is 2.10. The highest BCUT2D eigenvalue weighted by Gasteiger charge is 2.11. The zero-order valence-corrected chi connectivity index (χ0v) is 8.62. The summed E-state index contributed by atoms with van der Waals surface area (Å²) in [5, 5.41) is 0. The summed E-state index contributed by atoms with van der Waals surface area (Å²) in [5.41, 5.74) is 2.74. The predicted octanol–water partition coefficient (Wildman–Crippen LogP) is 1.63. The van der Waals surface area contributed by atoms with Gasteiger partial charge in [-0.05, 0) is 30.2 Å². The minimum atomic E-state index is 0.871. The number of nitrogens with zero attached hydrogens (tertiary/aromatic N) is 1. The molecule has 0 amide bonds. The molecule has 1 aliphatic heterocycles. The molecule has 0 spiro atoms. The second kappa shape index (κ2) is 4.58. The summed E-state index contributed by atoms with van der Waals surface area (Å²) >= 11 is 0. The van der Waals surface area contributed by atoms with Gasteiger partial charge in [-0.3, -0.25) is 4.90 Å². The summed E-state index contributed by atoms with van der Waals surface area (Å²) in [6.45, 7) is 7.03. The van der Waals surface area contributed by atoms with Crippen LogP contribution in [-0.4, -0.2) is 31.2 Å². The summed E-state index contributed by atoms with van der Waals surface area (Å²) in [7, 11) is 0. The first-order valence-corrected chi connectivity index (χ1v) is 5.12. The molecule has 14 heavy (non-hydrogen) atoms. The lowest BCUT2D eigenvalue weighted by Gasteiger charge is -2.27. The predicted molar refractivity (Wildman–Crippen MR) is 56.1 cm³/mol. The van der Waals surface area contributed by atoms with Gasteiger partial charge in [-0.15, -0.1) is 0 Å². The third-order valence-electron chi connectivity index (χ3n) is 2.69. The molecular weight excluding hydrogens is 174 g/mol. The van der Waals surface area contributed by atoms with Crippen molar-refractivity contribution in [2.45, 2.75) is 13.5 Å². The van der Waals surface area contributed by atoms with E-state index < -0.39 is 0 Å². The second-order valence-corrected chi connectivity index (χ2v) is 3.74. The molecule has 2 nitrogen and oxygen atoms in total. The monoisotopic (exact) mass is 190 g/mol. The van der Waals surface area contributed by atoms with Crippen molar-refractivity contribution in [2.75, 3.05) is 26.3 Å². The zero-order valence-electron chi connectivity index (χ0n) is 8.62. The van der Waals surface area contributed by atoms with E-state index in [1.807, 2.05) is 6.07 Å². The Morgan fingerprint density at radius 2 is 2.21 bits per heavy atom. The molecule has 0 N–H and O–H groups in total. The number of hydrogen-bond acceptors (Lipinski definition) is 2. The Balaban J connectivity index is 1.99. The van der Waals surface area contributed by atoms with Crippen LogP contribution in [0, 0.1) is 13.0 Å². The number of ether oxygens (including phenoxy) is 1. The van der Waals surface area contributed by atoms with E-state index in [1.165, 1.54) is 11.1 Å². The molecule has 1 saturated heterocycles. The average molecular weight is 190 g/mol. The molecule has 0 atom stereocenters. The lowest BCUT2D eigenvalue weighted by atomic mass is 10.1. The van der Waals surface area contributed by atoms with Crippen molar-refractivity contribution in [1.29, 1.82) is 0 Å². The van der Waals surface area contributed by atoms with Crippen LogP contribution in [0.1, 0.15) is 11.1 Å². The minimum Gasteiger partial charge on any atom is -0.379 e. The Morgan fingerprint density at radius 3 is 2.93 bits per heavy atom. The van der Waals surface area contributed by atoms with Crippen molar-refractivity contribution in [2.24, 2.45) is 0 Å². The van der Waals surface area contributed by atoms with Gasteiger partial charge in [0, 0.05) is 19.6 Å². The normalized spacial score (nSPS) is 18.4. The van der Waals surface area contributed by atoms with Gasteiger partial charge < -0.3 is 4.74 Å². The van der Waals surface area contributed by atoms with Crippen molar-refractivity contribution < 1.29 is 4.74 Å². The number of rotatable bonds is 2. The van der Waals surface area contributed by atoms with Gasteiger partial charge in [0.15, 0.2) is 0 Å². The van der Waals surface area contributed by atoms with Crippen molar-refractivity contribution >= 4 is 0 Å². The summed E-state index contributed by atoms with van der Waals surface area (Å²) in [6, 6.07) is 9.31. The molecule has 1 aromatic carbocycles. The van der Waals surface area contributed by atoms with Crippen LogP contribution in [-0.2, 0) is 11.3 Å². The molecule has 1 heterocycles. The number of benzene rings is 1. The maximum Gasteiger partial charge on any atom is 0.0594 e. The van der Waals surface area contributed by atoms with Crippen LogP contribution < -0.4 is 0 Å². The van der Waals surface area contributed by atoms with Crippen LogP contribution in [0.4, 0.5) is 0 Å². The lowest BCUT2D eigenvalue weighted by Crippen LogP contribution is -2.35. The first kappa shape index (κ1) is 9.69. The maximum absolute atomic E-state index is 5.32. The largest absolute Gasteiger partial charge is 0.379 e. The van der Waals surface area contributed by atoms with E-state index in [0.29, 0.717) is 0 Å². The number of hydrogen-bond donors (Lipinski definition) is 0. The summed E-state index contributed by atoms with van der Waals surface area (Å²) in [6.07, 6.45) is 0. The maximum atomic E-state index is 5.32. The van der Waals surface area contributed by atoms with Gasteiger partial charge in [0.05, 0.1) is 13.2 Å². The average Bonchev–Trinajstić information content (AvgIpc) is 2.23. The fourth-order valence-corrected chi connectivity index (χ4v) is 1.71. The van der Waals surface area contributed by atoms with E-state index >= 15 is 0 Å². The van der Waals surface area contributed by atoms with Crippen molar-refractivity contribution in [3.63, 3.8) is 0 Å². The Kier molecular flexibility index (Phi) is 3.17. The van der Waals surface area contributed by atoms with Crippen LogP contribution in [0.3, 0.4) is 0 Å². The SMILES string of the molecule is Cc1cc[c]cc1CN1CCOCC1. The quantitative estimate of drug-likeness (QED) is 0.702. The van der Waals surface area contributed by atoms with E-state index in [9.17, 15) is 0 Å². The molecule has 0 bridgehead atoms. The van der Waals surface area contributed by atoms with E-state index in [4.69, 9.17) is 4.74 Å². The third-order valence-corrected chi connectivity index (χ3v) is 2.69. The summed E-state index contributed by atoms with van der Waals surface area (Å²) < 4.78 is 5.32. The first-order chi connectivity index (χ1) is 6.86. The Labute approximate surface area is 85.5 Å².